The molecule has 1 amide bonds. The molecule has 6 nitrogen and oxygen atoms in total. The molecule has 0 spiro atoms. The molecule has 0 bridgehead atoms. The van der Waals surface area contributed by atoms with E-state index in [0.29, 0.717) is 5.57 Å². The second-order valence-electron chi connectivity index (χ2n) is 4.79. The van der Waals surface area contributed by atoms with Crippen LogP contribution in [0.5, 0.6) is 0 Å². The van der Waals surface area contributed by atoms with E-state index in [1.807, 2.05) is 0 Å². The highest BCUT2D eigenvalue weighted by Crippen LogP contribution is 2.36. The number of rotatable bonds is 4. The van der Waals surface area contributed by atoms with Gasteiger partial charge >= 0.3 is 11.9 Å². The van der Waals surface area contributed by atoms with E-state index in [1.54, 1.807) is 13.8 Å². The number of hydrogen-bond donors (Lipinski definition) is 1. The van der Waals surface area contributed by atoms with Gasteiger partial charge < -0.3 is 14.8 Å². The SMILES string of the molecule is C=C1CC(C(=O)OCC)(C(=O)OCC)CCNC(=O)C1=C. The first-order valence-electron chi connectivity index (χ1n) is 6.88. The normalized spacial score (nSPS) is 18.3. The predicted molar refractivity (Wildman–Crippen MR) is 76.2 cm³/mol. The maximum Gasteiger partial charge on any atom is 0.323 e. The monoisotopic (exact) mass is 295 g/mol. The van der Waals surface area contributed by atoms with Crippen molar-refractivity contribution in [2.24, 2.45) is 5.41 Å². The van der Waals surface area contributed by atoms with Gasteiger partial charge in [-0.1, -0.05) is 13.2 Å². The van der Waals surface area contributed by atoms with Crippen molar-refractivity contribution in [3.63, 3.8) is 0 Å². The Balaban J connectivity index is 3.18. The van der Waals surface area contributed by atoms with Crippen LogP contribution >= 0.6 is 0 Å². The fourth-order valence-corrected chi connectivity index (χ4v) is 2.19. The molecule has 0 atom stereocenters. The molecular formula is C15H21NO5. The molecule has 1 aliphatic heterocycles. The minimum atomic E-state index is -1.49. The third-order valence-corrected chi connectivity index (χ3v) is 3.39. The molecule has 1 fully saturated rings. The number of nitrogens with one attached hydrogen (secondary N) is 1. The van der Waals surface area contributed by atoms with Crippen molar-refractivity contribution < 1.29 is 23.9 Å². The van der Waals surface area contributed by atoms with Crippen LogP contribution in [0.1, 0.15) is 26.7 Å². The van der Waals surface area contributed by atoms with Crippen LogP contribution in [0.15, 0.2) is 24.3 Å². The first kappa shape index (κ1) is 16.9. The summed E-state index contributed by atoms with van der Waals surface area (Å²) in [7, 11) is 0. The maximum atomic E-state index is 12.3. The van der Waals surface area contributed by atoms with E-state index in [1.165, 1.54) is 0 Å². The number of carbonyl (C=O) groups excluding carboxylic acids is 3. The molecular weight excluding hydrogens is 274 g/mol. The van der Waals surface area contributed by atoms with E-state index in [4.69, 9.17) is 9.47 Å². The Bertz CT molecular complexity index is 462. The zero-order valence-electron chi connectivity index (χ0n) is 12.5. The Labute approximate surface area is 124 Å². The number of carbonyl (C=O) groups is 3. The van der Waals surface area contributed by atoms with Gasteiger partial charge in [-0.3, -0.25) is 14.4 Å². The van der Waals surface area contributed by atoms with Gasteiger partial charge in [0, 0.05) is 12.1 Å². The topological polar surface area (TPSA) is 81.7 Å². The lowest BCUT2D eigenvalue weighted by molar-refractivity contribution is -0.173. The molecule has 0 aromatic carbocycles. The minimum Gasteiger partial charge on any atom is -0.465 e. The van der Waals surface area contributed by atoms with Crippen molar-refractivity contribution in [1.29, 1.82) is 0 Å². The van der Waals surface area contributed by atoms with Crippen molar-refractivity contribution in [3.05, 3.63) is 24.3 Å². The molecule has 21 heavy (non-hydrogen) atoms. The third kappa shape index (κ3) is 3.51. The molecule has 0 saturated carbocycles. The molecule has 1 aliphatic rings. The average molecular weight is 295 g/mol. The molecule has 0 unspecified atom stereocenters. The Morgan fingerprint density at radius 3 is 2.19 bits per heavy atom. The van der Waals surface area contributed by atoms with Crippen molar-refractivity contribution in [3.8, 4) is 0 Å². The summed E-state index contributed by atoms with van der Waals surface area (Å²) >= 11 is 0. The van der Waals surface area contributed by atoms with Crippen LogP contribution in [0.25, 0.3) is 0 Å². The van der Waals surface area contributed by atoms with Crippen LogP contribution in [0, 0.1) is 5.41 Å². The molecule has 1 rings (SSSR count). The van der Waals surface area contributed by atoms with E-state index in [0.717, 1.165) is 0 Å². The summed E-state index contributed by atoms with van der Waals surface area (Å²) in [5, 5.41) is 2.60. The molecule has 1 saturated heterocycles. The van der Waals surface area contributed by atoms with Gasteiger partial charge in [-0.05, 0) is 32.3 Å². The molecule has 1 N–H and O–H groups in total. The number of esters is 2. The van der Waals surface area contributed by atoms with Crippen LogP contribution in [-0.2, 0) is 23.9 Å². The van der Waals surface area contributed by atoms with Crippen molar-refractivity contribution in [2.45, 2.75) is 26.7 Å². The van der Waals surface area contributed by atoms with Crippen LogP contribution in [0.3, 0.4) is 0 Å². The second-order valence-corrected chi connectivity index (χ2v) is 4.79. The van der Waals surface area contributed by atoms with E-state index in [2.05, 4.69) is 18.5 Å². The standard InChI is InChI=1S/C15H21NO5/c1-5-20-13(18)15(14(19)21-6-2)7-8-16-12(17)11(4)10(3)9-15/h3-9H2,1-2H3,(H,16,17). The van der Waals surface area contributed by atoms with Crippen molar-refractivity contribution >= 4 is 17.8 Å². The summed E-state index contributed by atoms with van der Waals surface area (Å²) in [5.74, 6) is -1.66. The zero-order chi connectivity index (χ0) is 16.0. The van der Waals surface area contributed by atoms with Gasteiger partial charge in [-0.25, -0.2) is 0 Å². The highest BCUT2D eigenvalue weighted by atomic mass is 16.6. The number of amides is 1. The summed E-state index contributed by atoms with van der Waals surface area (Å²) in [5.41, 5.74) is -0.999. The maximum absolute atomic E-state index is 12.3. The first-order valence-corrected chi connectivity index (χ1v) is 6.88. The van der Waals surface area contributed by atoms with Gasteiger partial charge in [0.15, 0.2) is 5.41 Å². The summed E-state index contributed by atoms with van der Waals surface area (Å²) in [4.78, 5) is 36.3. The highest BCUT2D eigenvalue weighted by Gasteiger charge is 2.50. The number of ether oxygens (including phenoxy) is 2. The molecule has 0 radical (unpaired) electrons. The fourth-order valence-electron chi connectivity index (χ4n) is 2.19. The Morgan fingerprint density at radius 1 is 1.19 bits per heavy atom. The molecule has 0 aromatic heterocycles. The van der Waals surface area contributed by atoms with Gasteiger partial charge in [0.05, 0.1) is 13.2 Å². The smallest absolute Gasteiger partial charge is 0.323 e. The van der Waals surface area contributed by atoms with Gasteiger partial charge in [0.1, 0.15) is 0 Å². The van der Waals surface area contributed by atoms with Gasteiger partial charge in [0.2, 0.25) is 0 Å². The van der Waals surface area contributed by atoms with E-state index in [9.17, 15) is 14.4 Å². The van der Waals surface area contributed by atoms with E-state index >= 15 is 0 Å². The predicted octanol–water partition coefficient (Wildman–Crippen LogP) is 1.12. The minimum absolute atomic E-state index is 0.0308. The second kappa shape index (κ2) is 7.06. The van der Waals surface area contributed by atoms with Crippen LogP contribution in [0.2, 0.25) is 0 Å². The van der Waals surface area contributed by atoms with Gasteiger partial charge in [-0.2, -0.15) is 0 Å². The quantitative estimate of drug-likeness (QED) is 0.477. The summed E-state index contributed by atoms with van der Waals surface area (Å²) in [6.45, 7) is 11.2. The van der Waals surface area contributed by atoms with Crippen LogP contribution in [0.4, 0.5) is 0 Å². The lowest BCUT2D eigenvalue weighted by atomic mass is 9.76. The molecule has 1 heterocycles. The Hall–Kier alpha value is -2.11. The fraction of sp³-hybridized carbons (Fsp3) is 0.533. The Kier molecular flexibility index (Phi) is 5.69. The number of hydrogen-bond acceptors (Lipinski definition) is 5. The van der Waals surface area contributed by atoms with Crippen LogP contribution < -0.4 is 5.32 Å². The third-order valence-electron chi connectivity index (χ3n) is 3.39. The van der Waals surface area contributed by atoms with Gasteiger partial charge in [-0.15, -0.1) is 0 Å². The van der Waals surface area contributed by atoms with Crippen molar-refractivity contribution in [1.82, 2.24) is 5.32 Å². The first-order chi connectivity index (χ1) is 9.89. The lowest BCUT2D eigenvalue weighted by Gasteiger charge is -2.32. The molecule has 0 aliphatic carbocycles. The molecule has 6 heteroatoms. The van der Waals surface area contributed by atoms with E-state index in [-0.39, 0.29) is 44.1 Å². The van der Waals surface area contributed by atoms with Crippen molar-refractivity contribution in [2.75, 3.05) is 19.8 Å². The summed E-state index contributed by atoms with van der Waals surface area (Å²) < 4.78 is 10.1. The van der Waals surface area contributed by atoms with E-state index < -0.39 is 17.4 Å². The zero-order valence-corrected chi connectivity index (χ0v) is 12.5. The Morgan fingerprint density at radius 2 is 1.71 bits per heavy atom. The largest absolute Gasteiger partial charge is 0.465 e. The molecule has 116 valence electrons. The van der Waals surface area contributed by atoms with Crippen LogP contribution in [-0.4, -0.2) is 37.6 Å². The highest BCUT2D eigenvalue weighted by molar-refractivity contribution is 6.03. The summed E-state index contributed by atoms with van der Waals surface area (Å²) in [6, 6.07) is 0. The average Bonchev–Trinajstić information content (AvgIpc) is 2.44. The molecule has 0 aromatic rings. The summed E-state index contributed by atoms with van der Waals surface area (Å²) in [6.07, 6.45) is 0.0691. The lowest BCUT2D eigenvalue weighted by Crippen LogP contribution is -2.47. The van der Waals surface area contributed by atoms with Gasteiger partial charge in [0.25, 0.3) is 5.91 Å².